The molecule has 1 unspecified atom stereocenters. The van der Waals surface area contributed by atoms with E-state index in [2.05, 4.69) is 10.3 Å². The molecule has 0 bridgehead atoms. The topological polar surface area (TPSA) is 24.9 Å². The molecule has 2 nitrogen and oxygen atoms in total. The van der Waals surface area contributed by atoms with Crippen LogP contribution in [0.25, 0.3) is 0 Å². The molecule has 1 saturated heterocycles. The van der Waals surface area contributed by atoms with Crippen molar-refractivity contribution in [2.45, 2.75) is 12.5 Å². The summed E-state index contributed by atoms with van der Waals surface area (Å²) < 4.78 is 12.4. The average Bonchev–Trinajstić information content (AvgIpc) is 1.90. The Morgan fingerprint density at radius 2 is 2.36 bits per heavy atom. The van der Waals surface area contributed by atoms with Gasteiger partial charge in [0.2, 0.25) is 0 Å². The summed E-state index contributed by atoms with van der Waals surface area (Å²) in [6.07, 6.45) is 2.37. The number of nitrogens with zero attached hydrogens (tertiary/aromatic N) is 1. The molecule has 0 radical (unpaired) electrons. The van der Waals surface area contributed by atoms with Gasteiger partial charge in [-0.25, -0.2) is 4.39 Å². The Kier molecular flexibility index (Phi) is 1.58. The average molecular weight is 152 g/mol. The SMILES string of the molecule is Fc1ccc(C2CCN2)nc1. The zero-order valence-electron chi connectivity index (χ0n) is 6.05. The number of halogens is 1. The molecule has 1 atom stereocenters. The van der Waals surface area contributed by atoms with Crippen LogP contribution in [0.5, 0.6) is 0 Å². The monoisotopic (exact) mass is 152 g/mol. The second-order valence-electron chi connectivity index (χ2n) is 2.70. The zero-order valence-corrected chi connectivity index (χ0v) is 6.05. The molecule has 0 amide bonds. The Morgan fingerprint density at radius 1 is 1.55 bits per heavy atom. The van der Waals surface area contributed by atoms with Crippen molar-refractivity contribution in [1.82, 2.24) is 10.3 Å². The lowest BCUT2D eigenvalue weighted by Crippen LogP contribution is -2.35. The van der Waals surface area contributed by atoms with E-state index in [0.29, 0.717) is 6.04 Å². The molecule has 2 rings (SSSR count). The Labute approximate surface area is 64.5 Å². The summed E-state index contributed by atoms with van der Waals surface area (Å²) >= 11 is 0. The number of rotatable bonds is 1. The number of nitrogens with one attached hydrogen (secondary N) is 1. The molecule has 0 spiro atoms. The fourth-order valence-electron chi connectivity index (χ4n) is 1.13. The zero-order chi connectivity index (χ0) is 7.68. The molecular formula is C8H9FN2. The van der Waals surface area contributed by atoms with Gasteiger partial charge >= 0.3 is 0 Å². The van der Waals surface area contributed by atoms with Crippen LogP contribution in [-0.4, -0.2) is 11.5 Å². The minimum absolute atomic E-state index is 0.270. The lowest BCUT2D eigenvalue weighted by Gasteiger charge is -2.26. The Bertz CT molecular complexity index is 241. The predicted octanol–water partition coefficient (Wildman–Crippen LogP) is 1.26. The lowest BCUT2D eigenvalue weighted by molar-refractivity contribution is 0.374. The van der Waals surface area contributed by atoms with Crippen LogP contribution in [-0.2, 0) is 0 Å². The van der Waals surface area contributed by atoms with Gasteiger partial charge in [-0.3, -0.25) is 4.98 Å². The van der Waals surface area contributed by atoms with Crippen LogP contribution < -0.4 is 5.32 Å². The van der Waals surface area contributed by atoms with E-state index in [-0.39, 0.29) is 5.82 Å². The van der Waals surface area contributed by atoms with Crippen LogP contribution >= 0.6 is 0 Å². The van der Waals surface area contributed by atoms with E-state index in [1.54, 1.807) is 6.07 Å². The molecule has 1 fully saturated rings. The van der Waals surface area contributed by atoms with Gasteiger partial charge < -0.3 is 5.32 Å². The van der Waals surface area contributed by atoms with Crippen LogP contribution in [0.1, 0.15) is 18.2 Å². The molecule has 1 aromatic heterocycles. The van der Waals surface area contributed by atoms with Crippen molar-refractivity contribution in [3.8, 4) is 0 Å². The summed E-state index contributed by atoms with van der Waals surface area (Å²) in [6.45, 7) is 1.05. The summed E-state index contributed by atoms with van der Waals surface area (Å²) in [7, 11) is 0. The van der Waals surface area contributed by atoms with Crippen LogP contribution in [0.4, 0.5) is 4.39 Å². The van der Waals surface area contributed by atoms with E-state index >= 15 is 0 Å². The molecule has 1 aliphatic rings. The molecule has 3 heteroatoms. The van der Waals surface area contributed by atoms with Crippen LogP contribution in [0.3, 0.4) is 0 Å². The Hall–Kier alpha value is -0.960. The Balaban J connectivity index is 2.18. The molecule has 0 saturated carbocycles. The highest BCUT2D eigenvalue weighted by Gasteiger charge is 2.18. The van der Waals surface area contributed by atoms with E-state index in [9.17, 15) is 4.39 Å². The summed E-state index contributed by atoms with van der Waals surface area (Å²) in [5, 5.41) is 3.20. The normalized spacial score (nSPS) is 22.8. The van der Waals surface area contributed by atoms with Gasteiger partial charge in [-0.1, -0.05) is 0 Å². The van der Waals surface area contributed by atoms with Gasteiger partial charge in [0, 0.05) is 0 Å². The van der Waals surface area contributed by atoms with E-state index in [1.807, 2.05) is 0 Å². The maximum absolute atomic E-state index is 12.4. The third kappa shape index (κ3) is 1.24. The van der Waals surface area contributed by atoms with Gasteiger partial charge in [-0.05, 0) is 25.1 Å². The van der Waals surface area contributed by atoms with Gasteiger partial charge in [-0.2, -0.15) is 0 Å². The maximum Gasteiger partial charge on any atom is 0.141 e. The standard InChI is InChI=1S/C8H9FN2/c9-6-1-2-7(11-5-6)8-3-4-10-8/h1-2,5,8,10H,3-4H2. The molecule has 0 aromatic carbocycles. The molecule has 2 heterocycles. The third-order valence-electron chi connectivity index (χ3n) is 1.93. The van der Waals surface area contributed by atoms with Crippen molar-refractivity contribution < 1.29 is 4.39 Å². The van der Waals surface area contributed by atoms with Gasteiger partial charge in [0.1, 0.15) is 5.82 Å². The van der Waals surface area contributed by atoms with Gasteiger partial charge in [0.05, 0.1) is 17.9 Å². The molecule has 0 aliphatic carbocycles. The van der Waals surface area contributed by atoms with Crippen LogP contribution in [0, 0.1) is 5.82 Å². The third-order valence-corrected chi connectivity index (χ3v) is 1.93. The first-order chi connectivity index (χ1) is 5.36. The van der Waals surface area contributed by atoms with Crippen molar-refractivity contribution >= 4 is 0 Å². The fraction of sp³-hybridized carbons (Fsp3) is 0.375. The smallest absolute Gasteiger partial charge is 0.141 e. The van der Waals surface area contributed by atoms with Gasteiger partial charge in [0.25, 0.3) is 0 Å². The second kappa shape index (κ2) is 2.58. The van der Waals surface area contributed by atoms with Crippen molar-refractivity contribution in [2.24, 2.45) is 0 Å². The van der Waals surface area contributed by atoms with Gasteiger partial charge in [0.15, 0.2) is 0 Å². The van der Waals surface area contributed by atoms with Crippen molar-refractivity contribution in [2.75, 3.05) is 6.54 Å². The van der Waals surface area contributed by atoms with Crippen molar-refractivity contribution in [3.63, 3.8) is 0 Å². The molecule has 11 heavy (non-hydrogen) atoms. The highest BCUT2D eigenvalue weighted by Crippen LogP contribution is 2.19. The first kappa shape index (κ1) is 6.73. The van der Waals surface area contributed by atoms with E-state index in [1.165, 1.54) is 12.3 Å². The maximum atomic E-state index is 12.4. The van der Waals surface area contributed by atoms with Gasteiger partial charge in [-0.15, -0.1) is 0 Å². The van der Waals surface area contributed by atoms with Crippen molar-refractivity contribution in [1.29, 1.82) is 0 Å². The van der Waals surface area contributed by atoms with Crippen LogP contribution in [0.2, 0.25) is 0 Å². The minimum Gasteiger partial charge on any atom is -0.309 e. The van der Waals surface area contributed by atoms with E-state index in [4.69, 9.17) is 0 Å². The first-order valence-electron chi connectivity index (χ1n) is 3.71. The van der Waals surface area contributed by atoms with E-state index in [0.717, 1.165) is 18.7 Å². The second-order valence-corrected chi connectivity index (χ2v) is 2.70. The van der Waals surface area contributed by atoms with E-state index < -0.39 is 0 Å². The highest BCUT2D eigenvalue weighted by atomic mass is 19.1. The molecule has 58 valence electrons. The summed E-state index contributed by atoms with van der Waals surface area (Å²) in [4.78, 5) is 3.96. The first-order valence-corrected chi connectivity index (χ1v) is 3.71. The Morgan fingerprint density at radius 3 is 2.82 bits per heavy atom. The lowest BCUT2D eigenvalue weighted by atomic mass is 10.0. The fourth-order valence-corrected chi connectivity index (χ4v) is 1.13. The summed E-state index contributed by atoms with van der Waals surface area (Å²) in [5.41, 5.74) is 0.942. The highest BCUT2D eigenvalue weighted by molar-refractivity contribution is 5.11. The molecular weight excluding hydrogens is 143 g/mol. The molecule has 1 aliphatic heterocycles. The molecule has 1 aromatic rings. The quantitative estimate of drug-likeness (QED) is 0.655. The summed E-state index contributed by atoms with van der Waals surface area (Å²) in [6, 6.07) is 3.53. The number of pyridine rings is 1. The van der Waals surface area contributed by atoms with Crippen molar-refractivity contribution in [3.05, 3.63) is 29.8 Å². The minimum atomic E-state index is -0.270. The summed E-state index contributed by atoms with van der Waals surface area (Å²) in [5.74, 6) is -0.270. The molecule has 1 N–H and O–H groups in total. The number of hydrogen-bond donors (Lipinski definition) is 1. The van der Waals surface area contributed by atoms with Crippen LogP contribution in [0.15, 0.2) is 18.3 Å². The number of hydrogen-bond acceptors (Lipinski definition) is 2. The largest absolute Gasteiger partial charge is 0.309 e. The number of aromatic nitrogens is 1. The predicted molar refractivity (Wildman–Crippen MR) is 39.6 cm³/mol.